The molecule has 1 amide bonds. The maximum absolute atomic E-state index is 12.3. The molecule has 27 heavy (non-hydrogen) atoms. The fraction of sp³-hybridized carbons (Fsp3) is 0.211. The Bertz CT molecular complexity index is 1010. The van der Waals surface area contributed by atoms with Gasteiger partial charge in [0.15, 0.2) is 11.5 Å². The summed E-state index contributed by atoms with van der Waals surface area (Å²) in [6.45, 7) is 0.816. The Balaban J connectivity index is 1.36. The van der Waals surface area contributed by atoms with Gasteiger partial charge in [-0.05, 0) is 24.3 Å². The van der Waals surface area contributed by atoms with Crippen LogP contribution in [0.5, 0.6) is 11.5 Å². The number of fused-ring (bicyclic) bond motifs is 2. The number of hydrogen-bond acceptors (Lipinski definition) is 5. The maximum atomic E-state index is 12.3. The molecule has 2 aromatic carbocycles. The summed E-state index contributed by atoms with van der Waals surface area (Å²) in [4.78, 5) is 22.7. The summed E-state index contributed by atoms with van der Waals surface area (Å²) in [7, 11) is 0. The summed E-state index contributed by atoms with van der Waals surface area (Å²) < 4.78 is 13.2. The molecule has 138 valence electrons. The van der Waals surface area contributed by atoms with Gasteiger partial charge in [-0.15, -0.1) is 0 Å². The lowest BCUT2D eigenvalue weighted by Gasteiger charge is -2.26. The highest BCUT2D eigenvalue weighted by atomic mass is 16.6. The lowest BCUT2D eigenvalue weighted by molar-refractivity contribution is -0.384. The smallest absolute Gasteiger partial charge is 0.270 e. The second-order valence-corrected chi connectivity index (χ2v) is 6.25. The summed E-state index contributed by atoms with van der Waals surface area (Å²) in [6, 6.07) is 13.7. The van der Waals surface area contributed by atoms with Crippen molar-refractivity contribution in [1.82, 2.24) is 9.88 Å². The summed E-state index contributed by atoms with van der Waals surface area (Å²) in [5, 5.41) is 14.4. The van der Waals surface area contributed by atoms with Crippen LogP contribution in [0.25, 0.3) is 10.9 Å². The van der Waals surface area contributed by atoms with Crippen molar-refractivity contribution in [3.05, 3.63) is 64.8 Å². The first-order chi connectivity index (χ1) is 13.1. The number of amides is 1. The predicted molar refractivity (Wildman–Crippen MR) is 98.0 cm³/mol. The first-order valence-corrected chi connectivity index (χ1v) is 8.48. The fourth-order valence-electron chi connectivity index (χ4n) is 3.04. The van der Waals surface area contributed by atoms with Crippen molar-refractivity contribution >= 4 is 22.5 Å². The molecule has 3 aromatic rings. The number of rotatable bonds is 5. The van der Waals surface area contributed by atoms with Gasteiger partial charge in [0, 0.05) is 29.2 Å². The monoisotopic (exact) mass is 367 g/mol. The number of carbonyl (C=O) groups excluding carboxylic acids is 1. The number of nitrogens with zero attached hydrogens (tertiary/aromatic N) is 2. The van der Waals surface area contributed by atoms with Crippen molar-refractivity contribution < 1.29 is 19.2 Å². The van der Waals surface area contributed by atoms with Gasteiger partial charge in [-0.2, -0.15) is 0 Å². The van der Waals surface area contributed by atoms with Crippen LogP contribution >= 0.6 is 0 Å². The van der Waals surface area contributed by atoms with E-state index in [0.717, 1.165) is 10.9 Å². The van der Waals surface area contributed by atoms with Crippen LogP contribution in [0, 0.1) is 10.1 Å². The molecule has 1 atom stereocenters. The molecule has 0 radical (unpaired) electrons. The van der Waals surface area contributed by atoms with Crippen LogP contribution in [0.1, 0.15) is 0 Å². The number of nitrogens with one attached hydrogen (secondary N) is 1. The third-order valence-corrected chi connectivity index (χ3v) is 4.37. The van der Waals surface area contributed by atoms with Crippen LogP contribution in [0.3, 0.4) is 0 Å². The second kappa shape index (κ2) is 6.99. The van der Waals surface area contributed by atoms with Gasteiger partial charge in [0.05, 0.1) is 11.5 Å². The van der Waals surface area contributed by atoms with Crippen molar-refractivity contribution in [2.75, 3.05) is 13.2 Å². The molecule has 1 aliphatic heterocycles. The Labute approximate surface area is 154 Å². The van der Waals surface area contributed by atoms with Crippen molar-refractivity contribution in [2.45, 2.75) is 12.6 Å². The minimum absolute atomic E-state index is 0.0273. The number of aromatic nitrogens is 1. The average molecular weight is 367 g/mol. The maximum Gasteiger partial charge on any atom is 0.270 e. The van der Waals surface area contributed by atoms with E-state index < -0.39 is 4.92 Å². The molecule has 0 saturated heterocycles. The molecule has 0 saturated carbocycles. The molecule has 8 heteroatoms. The van der Waals surface area contributed by atoms with Crippen LogP contribution in [-0.4, -0.2) is 34.7 Å². The van der Waals surface area contributed by atoms with E-state index in [1.54, 1.807) is 22.9 Å². The number of non-ortho nitro benzene ring substituents is 1. The quantitative estimate of drug-likeness (QED) is 0.552. The first-order valence-electron chi connectivity index (χ1n) is 8.48. The van der Waals surface area contributed by atoms with Crippen LogP contribution < -0.4 is 14.8 Å². The zero-order chi connectivity index (χ0) is 18.8. The van der Waals surface area contributed by atoms with Gasteiger partial charge in [-0.3, -0.25) is 14.9 Å². The molecule has 0 spiro atoms. The van der Waals surface area contributed by atoms with E-state index in [0.29, 0.717) is 24.7 Å². The predicted octanol–water partition coefficient (Wildman–Crippen LogP) is 2.51. The van der Waals surface area contributed by atoms with Crippen LogP contribution in [0.15, 0.2) is 54.7 Å². The molecule has 0 bridgehead atoms. The summed E-state index contributed by atoms with van der Waals surface area (Å²) in [5.41, 5.74) is 0.793. The lowest BCUT2D eigenvalue weighted by Crippen LogP contribution is -2.41. The number of nitro benzene ring substituents is 1. The summed E-state index contributed by atoms with van der Waals surface area (Å²) in [5.74, 6) is 1.20. The molecule has 4 rings (SSSR count). The molecule has 1 N–H and O–H groups in total. The standard InChI is InChI=1S/C19H17N3O5/c23-19(20-10-15-12-26-17-3-1-2-4-18(17)27-15)11-21-8-7-13-9-14(22(24)25)5-6-16(13)21/h1-9,15H,10-12H2,(H,20,23)/t15-/m0/s1. The third kappa shape index (κ3) is 3.55. The van der Waals surface area contributed by atoms with Crippen LogP contribution in [0.4, 0.5) is 5.69 Å². The number of nitro groups is 1. The molecule has 1 aromatic heterocycles. The molecular weight excluding hydrogens is 350 g/mol. The number of hydrogen-bond donors (Lipinski definition) is 1. The topological polar surface area (TPSA) is 95.6 Å². The van der Waals surface area contributed by atoms with Gasteiger partial charge in [0.2, 0.25) is 5.91 Å². The van der Waals surface area contributed by atoms with Gasteiger partial charge in [-0.25, -0.2) is 0 Å². The van der Waals surface area contributed by atoms with Gasteiger partial charge >= 0.3 is 0 Å². The Kier molecular flexibility index (Phi) is 4.37. The highest BCUT2D eigenvalue weighted by Crippen LogP contribution is 2.30. The summed E-state index contributed by atoms with van der Waals surface area (Å²) in [6.07, 6.45) is 1.48. The van der Waals surface area contributed by atoms with Crippen LogP contribution in [-0.2, 0) is 11.3 Å². The van der Waals surface area contributed by atoms with Crippen molar-refractivity contribution in [3.8, 4) is 11.5 Å². The van der Waals surface area contributed by atoms with E-state index in [4.69, 9.17) is 9.47 Å². The van der Waals surface area contributed by atoms with Gasteiger partial charge in [0.25, 0.3) is 5.69 Å². The normalized spacial score (nSPS) is 15.5. The fourth-order valence-corrected chi connectivity index (χ4v) is 3.04. The largest absolute Gasteiger partial charge is 0.486 e. The van der Waals surface area contributed by atoms with E-state index in [1.807, 2.05) is 24.3 Å². The SMILES string of the molecule is O=C(Cn1ccc2cc([N+](=O)[O-])ccc21)NC[C@H]1COc2ccccc2O1. The number of carbonyl (C=O) groups is 1. The molecule has 0 fully saturated rings. The summed E-state index contributed by atoms with van der Waals surface area (Å²) >= 11 is 0. The van der Waals surface area contributed by atoms with Gasteiger partial charge in [0.1, 0.15) is 19.3 Å². The first kappa shape index (κ1) is 16.9. The molecule has 0 unspecified atom stereocenters. The Morgan fingerprint density at radius 2 is 2.04 bits per heavy atom. The minimum atomic E-state index is -0.437. The van der Waals surface area contributed by atoms with Crippen molar-refractivity contribution in [1.29, 1.82) is 0 Å². The Morgan fingerprint density at radius 1 is 1.22 bits per heavy atom. The highest BCUT2D eigenvalue weighted by molar-refractivity contribution is 5.85. The van der Waals surface area contributed by atoms with Gasteiger partial charge in [-0.1, -0.05) is 12.1 Å². The zero-order valence-corrected chi connectivity index (χ0v) is 14.3. The van der Waals surface area contributed by atoms with Crippen molar-refractivity contribution in [3.63, 3.8) is 0 Å². The van der Waals surface area contributed by atoms with E-state index in [9.17, 15) is 14.9 Å². The second-order valence-electron chi connectivity index (χ2n) is 6.25. The molecule has 2 heterocycles. The Morgan fingerprint density at radius 3 is 2.85 bits per heavy atom. The number of benzene rings is 2. The zero-order valence-electron chi connectivity index (χ0n) is 14.3. The molecular formula is C19H17N3O5. The minimum Gasteiger partial charge on any atom is -0.486 e. The molecule has 8 nitrogen and oxygen atoms in total. The molecule has 0 aliphatic carbocycles. The average Bonchev–Trinajstić information content (AvgIpc) is 3.08. The highest BCUT2D eigenvalue weighted by Gasteiger charge is 2.21. The molecule has 1 aliphatic rings. The number of para-hydroxylation sites is 2. The third-order valence-electron chi connectivity index (χ3n) is 4.37. The van der Waals surface area contributed by atoms with E-state index in [2.05, 4.69) is 5.32 Å². The van der Waals surface area contributed by atoms with E-state index in [-0.39, 0.29) is 24.2 Å². The van der Waals surface area contributed by atoms with Crippen LogP contribution in [0.2, 0.25) is 0 Å². The van der Waals surface area contributed by atoms with Gasteiger partial charge < -0.3 is 19.4 Å². The Hall–Kier alpha value is -3.55. The van der Waals surface area contributed by atoms with E-state index in [1.165, 1.54) is 12.1 Å². The van der Waals surface area contributed by atoms with Crippen molar-refractivity contribution in [2.24, 2.45) is 0 Å². The number of ether oxygens (including phenoxy) is 2. The lowest BCUT2D eigenvalue weighted by atomic mass is 10.2. The van der Waals surface area contributed by atoms with E-state index >= 15 is 0 Å².